The third-order valence-corrected chi connectivity index (χ3v) is 3.62. The average molecular weight is 306 g/mol. The molecule has 2 nitrogen and oxygen atoms in total. The summed E-state index contributed by atoms with van der Waals surface area (Å²) in [6.45, 7) is 2.86. The minimum absolute atomic E-state index is 0.253. The number of hydrogen-bond acceptors (Lipinski definition) is 2. The van der Waals surface area contributed by atoms with Crippen LogP contribution in [0.15, 0.2) is 53.0 Å². The van der Waals surface area contributed by atoms with E-state index in [4.69, 9.17) is 0 Å². The lowest BCUT2D eigenvalue weighted by Gasteiger charge is -2.16. The van der Waals surface area contributed by atoms with Crippen molar-refractivity contribution in [2.45, 2.75) is 19.5 Å². The molecule has 18 heavy (non-hydrogen) atoms. The maximum Gasteiger partial charge on any atom is 0.115 e. The van der Waals surface area contributed by atoms with Gasteiger partial charge in [0.15, 0.2) is 0 Å². The summed E-state index contributed by atoms with van der Waals surface area (Å²) in [5, 5.41) is 12.8. The molecule has 0 saturated carbocycles. The zero-order chi connectivity index (χ0) is 13.0. The van der Waals surface area contributed by atoms with Crippen molar-refractivity contribution < 1.29 is 5.11 Å². The number of phenols is 1. The lowest BCUT2D eigenvalue weighted by atomic mass is 10.1. The molecule has 0 aromatic heterocycles. The molecule has 0 heterocycles. The highest BCUT2D eigenvalue weighted by atomic mass is 79.9. The van der Waals surface area contributed by atoms with Crippen LogP contribution in [-0.4, -0.2) is 5.11 Å². The molecule has 1 unspecified atom stereocenters. The van der Waals surface area contributed by atoms with Crippen LogP contribution in [0.1, 0.15) is 24.1 Å². The van der Waals surface area contributed by atoms with Gasteiger partial charge < -0.3 is 10.4 Å². The van der Waals surface area contributed by atoms with Gasteiger partial charge in [-0.2, -0.15) is 0 Å². The Hall–Kier alpha value is -1.32. The van der Waals surface area contributed by atoms with Crippen molar-refractivity contribution in [3.8, 4) is 5.75 Å². The highest BCUT2D eigenvalue weighted by Crippen LogP contribution is 2.23. The summed E-state index contributed by atoms with van der Waals surface area (Å²) in [6.07, 6.45) is 0. The fourth-order valence-corrected chi connectivity index (χ4v) is 2.50. The zero-order valence-corrected chi connectivity index (χ0v) is 11.8. The third-order valence-electron chi connectivity index (χ3n) is 2.89. The molecule has 0 aliphatic rings. The third kappa shape index (κ3) is 3.34. The maximum absolute atomic E-state index is 9.40. The van der Waals surface area contributed by atoms with Crippen LogP contribution >= 0.6 is 15.9 Å². The molecule has 3 heteroatoms. The molecule has 0 spiro atoms. The number of hydrogen-bond donors (Lipinski definition) is 2. The van der Waals surface area contributed by atoms with Crippen LogP contribution in [0, 0.1) is 0 Å². The van der Waals surface area contributed by atoms with E-state index in [0.717, 1.165) is 16.6 Å². The van der Waals surface area contributed by atoms with Crippen LogP contribution in [0.4, 0.5) is 0 Å². The minimum Gasteiger partial charge on any atom is -0.508 e. The highest BCUT2D eigenvalue weighted by molar-refractivity contribution is 9.10. The van der Waals surface area contributed by atoms with Gasteiger partial charge in [0, 0.05) is 17.1 Å². The van der Waals surface area contributed by atoms with E-state index in [9.17, 15) is 5.11 Å². The number of aromatic hydroxyl groups is 1. The first-order valence-electron chi connectivity index (χ1n) is 5.92. The van der Waals surface area contributed by atoms with Crippen LogP contribution < -0.4 is 5.32 Å². The van der Waals surface area contributed by atoms with E-state index in [1.54, 1.807) is 12.1 Å². The summed E-state index contributed by atoms with van der Waals surface area (Å²) < 4.78 is 1.11. The fraction of sp³-hybridized carbons (Fsp3) is 0.200. The van der Waals surface area contributed by atoms with Crippen LogP contribution in [0.5, 0.6) is 5.75 Å². The second-order valence-corrected chi connectivity index (χ2v) is 5.15. The quantitative estimate of drug-likeness (QED) is 0.894. The van der Waals surface area contributed by atoms with E-state index in [1.165, 1.54) is 5.56 Å². The molecule has 2 rings (SSSR count). The lowest BCUT2D eigenvalue weighted by Crippen LogP contribution is -2.18. The van der Waals surface area contributed by atoms with Crippen LogP contribution in [0.25, 0.3) is 0 Å². The van der Waals surface area contributed by atoms with Gasteiger partial charge in [-0.15, -0.1) is 0 Å². The number of halogens is 1. The Labute approximate surface area is 116 Å². The summed E-state index contributed by atoms with van der Waals surface area (Å²) in [7, 11) is 0. The predicted molar refractivity (Wildman–Crippen MR) is 77.5 cm³/mol. The molecule has 2 aromatic carbocycles. The molecule has 0 aliphatic carbocycles. The summed E-state index contributed by atoms with van der Waals surface area (Å²) in [6, 6.07) is 15.8. The molecule has 0 saturated heterocycles. The molecule has 0 radical (unpaired) electrons. The van der Waals surface area contributed by atoms with Crippen molar-refractivity contribution in [2.75, 3.05) is 0 Å². The van der Waals surface area contributed by atoms with Gasteiger partial charge in [0.1, 0.15) is 5.75 Å². The van der Waals surface area contributed by atoms with Gasteiger partial charge in [-0.3, -0.25) is 0 Å². The number of nitrogens with one attached hydrogen (secondary N) is 1. The minimum atomic E-state index is 0.253. The van der Waals surface area contributed by atoms with Crippen molar-refractivity contribution >= 4 is 15.9 Å². The van der Waals surface area contributed by atoms with Crippen LogP contribution in [-0.2, 0) is 6.54 Å². The summed E-state index contributed by atoms with van der Waals surface area (Å²) in [4.78, 5) is 0. The molecule has 2 N–H and O–H groups in total. The number of benzene rings is 2. The summed E-state index contributed by atoms with van der Waals surface area (Å²) in [5.41, 5.74) is 2.31. The molecule has 0 bridgehead atoms. The normalized spacial score (nSPS) is 12.3. The smallest absolute Gasteiger partial charge is 0.115 e. The van der Waals surface area contributed by atoms with E-state index < -0.39 is 0 Å². The predicted octanol–water partition coefficient (Wildman–Crippen LogP) is 4.01. The number of rotatable bonds is 4. The molecule has 2 aromatic rings. The van der Waals surface area contributed by atoms with Gasteiger partial charge in [0.2, 0.25) is 0 Å². The maximum atomic E-state index is 9.40. The van der Waals surface area contributed by atoms with Gasteiger partial charge in [-0.05, 0) is 36.2 Å². The molecule has 94 valence electrons. The van der Waals surface area contributed by atoms with Gasteiger partial charge in [0.25, 0.3) is 0 Å². The topological polar surface area (TPSA) is 32.3 Å². The van der Waals surface area contributed by atoms with Crippen molar-refractivity contribution in [3.05, 3.63) is 64.1 Å². The van der Waals surface area contributed by atoms with Gasteiger partial charge in [-0.25, -0.2) is 0 Å². The number of phenolic OH excluding ortho intramolecular Hbond substituents is 1. The Morgan fingerprint density at radius 3 is 2.67 bits per heavy atom. The van der Waals surface area contributed by atoms with Crippen molar-refractivity contribution in [3.63, 3.8) is 0 Å². The van der Waals surface area contributed by atoms with E-state index in [0.29, 0.717) is 5.75 Å². The van der Waals surface area contributed by atoms with Crippen molar-refractivity contribution in [1.29, 1.82) is 0 Å². The van der Waals surface area contributed by atoms with E-state index in [-0.39, 0.29) is 6.04 Å². The highest BCUT2D eigenvalue weighted by Gasteiger charge is 2.07. The van der Waals surface area contributed by atoms with Crippen molar-refractivity contribution in [2.24, 2.45) is 0 Å². The Bertz CT molecular complexity index is 527. The SMILES string of the molecule is CC(NCc1cccc(O)c1)c1ccccc1Br. The first-order valence-corrected chi connectivity index (χ1v) is 6.72. The van der Waals surface area contributed by atoms with Crippen LogP contribution in [0.3, 0.4) is 0 Å². The molecule has 0 amide bonds. The first kappa shape index (κ1) is 13.1. The monoisotopic (exact) mass is 305 g/mol. The summed E-state index contributed by atoms with van der Waals surface area (Å²) >= 11 is 3.55. The van der Waals surface area contributed by atoms with E-state index in [2.05, 4.69) is 34.2 Å². The largest absolute Gasteiger partial charge is 0.508 e. The fourth-order valence-electron chi connectivity index (χ4n) is 1.87. The van der Waals surface area contributed by atoms with Crippen molar-refractivity contribution in [1.82, 2.24) is 5.32 Å². The summed E-state index contributed by atoms with van der Waals surface area (Å²) in [5.74, 6) is 0.308. The Morgan fingerprint density at radius 1 is 1.17 bits per heavy atom. The van der Waals surface area contributed by atoms with Gasteiger partial charge in [0.05, 0.1) is 0 Å². The van der Waals surface area contributed by atoms with Gasteiger partial charge in [-0.1, -0.05) is 46.3 Å². The van der Waals surface area contributed by atoms with E-state index in [1.807, 2.05) is 30.3 Å². The average Bonchev–Trinajstić information content (AvgIpc) is 2.37. The molecule has 0 aliphatic heterocycles. The zero-order valence-electron chi connectivity index (χ0n) is 10.2. The molecular weight excluding hydrogens is 290 g/mol. The second-order valence-electron chi connectivity index (χ2n) is 4.29. The first-order chi connectivity index (χ1) is 8.66. The van der Waals surface area contributed by atoms with Crippen LogP contribution in [0.2, 0.25) is 0 Å². The second kappa shape index (κ2) is 6.03. The van der Waals surface area contributed by atoms with E-state index >= 15 is 0 Å². The Morgan fingerprint density at radius 2 is 1.94 bits per heavy atom. The van der Waals surface area contributed by atoms with Gasteiger partial charge >= 0.3 is 0 Å². The Kier molecular flexibility index (Phi) is 4.39. The molecular formula is C15H16BrNO. The lowest BCUT2D eigenvalue weighted by molar-refractivity contribution is 0.473. The Balaban J connectivity index is 2.00. The standard InChI is InChI=1S/C15H16BrNO/c1-11(14-7-2-3-8-15(14)16)17-10-12-5-4-6-13(18)9-12/h2-9,11,17-18H,10H2,1H3. The molecule has 1 atom stereocenters. The molecule has 0 fully saturated rings.